The molecule has 0 radical (unpaired) electrons. The van der Waals surface area contributed by atoms with Crippen molar-refractivity contribution < 1.29 is 9.59 Å². The molecule has 1 aliphatic rings. The van der Waals surface area contributed by atoms with E-state index in [0.717, 1.165) is 32.5 Å². The number of nitrogens with one attached hydrogen (secondary N) is 1. The van der Waals surface area contributed by atoms with Gasteiger partial charge in [0.1, 0.15) is 10.8 Å². The summed E-state index contributed by atoms with van der Waals surface area (Å²) in [6.45, 7) is 1.06. The summed E-state index contributed by atoms with van der Waals surface area (Å²) in [6.07, 6.45) is 6.50. The van der Waals surface area contributed by atoms with Crippen molar-refractivity contribution in [2.45, 2.75) is 12.8 Å². The predicted octanol–water partition coefficient (Wildman–Crippen LogP) is 4.34. The summed E-state index contributed by atoms with van der Waals surface area (Å²) in [6, 6.07) is 11.5. The minimum absolute atomic E-state index is 0.0940. The molecule has 6 nitrogen and oxygen atoms in total. The fraction of sp³-hybridized carbons (Fsp3) is 0.238. The van der Waals surface area contributed by atoms with Gasteiger partial charge in [0.25, 0.3) is 0 Å². The average molecular weight is 471 g/mol. The lowest BCUT2D eigenvalue weighted by Gasteiger charge is -2.31. The molecule has 4 rings (SSSR count). The van der Waals surface area contributed by atoms with Gasteiger partial charge in [-0.05, 0) is 59.1 Å². The second-order valence-electron chi connectivity index (χ2n) is 6.83. The number of fused-ring (bicyclic) bond motifs is 1. The third-order valence-corrected chi connectivity index (χ3v) is 6.23. The molecule has 148 valence electrons. The zero-order valence-corrected chi connectivity index (χ0v) is 17.9. The van der Waals surface area contributed by atoms with Crippen molar-refractivity contribution in [2.75, 3.05) is 18.4 Å². The number of halogens is 1. The Morgan fingerprint density at radius 2 is 2.10 bits per heavy atom. The van der Waals surface area contributed by atoms with Gasteiger partial charge in [0.2, 0.25) is 11.8 Å². The molecule has 1 fully saturated rings. The molecule has 3 heterocycles. The fourth-order valence-corrected chi connectivity index (χ4v) is 4.38. The molecule has 1 saturated heterocycles. The van der Waals surface area contributed by atoms with Crippen LogP contribution in [0.25, 0.3) is 16.3 Å². The van der Waals surface area contributed by atoms with E-state index >= 15 is 0 Å². The molecular weight excluding hydrogens is 452 g/mol. The van der Waals surface area contributed by atoms with E-state index < -0.39 is 0 Å². The molecule has 0 aliphatic carbocycles. The summed E-state index contributed by atoms with van der Waals surface area (Å²) in [5.74, 6) is 0.0716. The summed E-state index contributed by atoms with van der Waals surface area (Å²) in [4.78, 5) is 35.6. The second kappa shape index (κ2) is 8.84. The maximum atomic E-state index is 12.6. The van der Waals surface area contributed by atoms with Crippen molar-refractivity contribution in [3.8, 4) is 0 Å². The average Bonchev–Trinajstić information content (AvgIpc) is 3.17. The number of amides is 2. The minimum Gasteiger partial charge on any atom is -0.338 e. The lowest BCUT2D eigenvalue weighted by atomic mass is 9.97. The first-order valence-electron chi connectivity index (χ1n) is 9.33. The van der Waals surface area contributed by atoms with Crippen LogP contribution in [0, 0.1) is 5.92 Å². The molecule has 29 heavy (non-hydrogen) atoms. The van der Waals surface area contributed by atoms with Crippen LogP contribution < -0.4 is 5.32 Å². The highest BCUT2D eigenvalue weighted by atomic mass is 79.9. The molecule has 2 amide bonds. The Bertz CT molecular complexity index is 1030. The minimum atomic E-state index is -0.242. The van der Waals surface area contributed by atoms with E-state index in [1.54, 1.807) is 40.7 Å². The number of piperidine rings is 1. The van der Waals surface area contributed by atoms with Crippen molar-refractivity contribution in [2.24, 2.45) is 5.92 Å². The number of aromatic nitrogens is 2. The Labute approximate surface area is 180 Å². The first kappa shape index (κ1) is 19.7. The van der Waals surface area contributed by atoms with Crippen LogP contribution in [0.1, 0.15) is 17.8 Å². The number of nitrogens with zero attached hydrogens (tertiary/aromatic N) is 3. The number of hydrogen-bond donors (Lipinski definition) is 1. The first-order valence-corrected chi connectivity index (χ1v) is 10.9. The molecule has 1 atom stereocenters. The molecule has 3 aromatic rings. The van der Waals surface area contributed by atoms with Crippen LogP contribution in [0.5, 0.6) is 0 Å². The van der Waals surface area contributed by atoms with Crippen LogP contribution in [-0.4, -0.2) is 39.8 Å². The monoisotopic (exact) mass is 470 g/mol. The van der Waals surface area contributed by atoms with Crippen LogP contribution in [0.2, 0.25) is 0 Å². The highest BCUT2D eigenvalue weighted by Gasteiger charge is 2.27. The SMILES string of the molecule is O=C(Nc1ccc(Br)cn1)C1CCCN(C(=O)/C=C/c2nc3ccccc3s2)C1. The van der Waals surface area contributed by atoms with Crippen LogP contribution >= 0.6 is 27.3 Å². The van der Waals surface area contributed by atoms with Gasteiger partial charge in [0, 0.05) is 29.8 Å². The van der Waals surface area contributed by atoms with E-state index in [1.807, 2.05) is 30.3 Å². The summed E-state index contributed by atoms with van der Waals surface area (Å²) in [7, 11) is 0. The Morgan fingerprint density at radius 1 is 1.24 bits per heavy atom. The molecule has 2 aromatic heterocycles. The Morgan fingerprint density at radius 3 is 2.90 bits per heavy atom. The number of pyridine rings is 1. The molecule has 0 bridgehead atoms. The molecule has 0 spiro atoms. The molecule has 1 unspecified atom stereocenters. The van der Waals surface area contributed by atoms with Crippen LogP contribution in [0.4, 0.5) is 5.82 Å². The normalized spacial score (nSPS) is 17.0. The molecule has 1 N–H and O–H groups in total. The van der Waals surface area contributed by atoms with Gasteiger partial charge in [0.05, 0.1) is 16.1 Å². The van der Waals surface area contributed by atoms with Gasteiger partial charge in [-0.25, -0.2) is 9.97 Å². The van der Waals surface area contributed by atoms with Crippen molar-refractivity contribution in [3.05, 3.63) is 58.2 Å². The first-order chi connectivity index (χ1) is 14.1. The van der Waals surface area contributed by atoms with Crippen molar-refractivity contribution in [3.63, 3.8) is 0 Å². The number of carbonyl (C=O) groups is 2. The van der Waals surface area contributed by atoms with E-state index in [-0.39, 0.29) is 17.7 Å². The molecule has 8 heteroatoms. The number of para-hydroxylation sites is 1. The standard InChI is InChI=1S/C21H19BrN4O2S/c22-15-7-8-18(23-12-15)25-21(28)14-4-3-11-26(13-14)20(27)10-9-19-24-16-5-1-2-6-17(16)29-19/h1-2,5-10,12,14H,3-4,11,13H2,(H,23,25,28)/b10-9+. The number of likely N-dealkylation sites (tertiary alicyclic amines) is 1. The van der Waals surface area contributed by atoms with Crippen LogP contribution in [0.15, 0.2) is 53.1 Å². The number of carbonyl (C=O) groups excluding carboxylic acids is 2. The van der Waals surface area contributed by atoms with Crippen molar-refractivity contribution >= 4 is 61.2 Å². The summed E-state index contributed by atoms with van der Waals surface area (Å²) in [5.41, 5.74) is 0.931. The topological polar surface area (TPSA) is 75.2 Å². The lowest BCUT2D eigenvalue weighted by Crippen LogP contribution is -2.43. The van der Waals surface area contributed by atoms with Gasteiger partial charge >= 0.3 is 0 Å². The van der Waals surface area contributed by atoms with Crippen LogP contribution in [-0.2, 0) is 9.59 Å². The molecule has 0 saturated carbocycles. The number of thiazole rings is 1. The van der Waals surface area contributed by atoms with E-state index in [9.17, 15) is 9.59 Å². The Kier molecular flexibility index (Phi) is 6.01. The predicted molar refractivity (Wildman–Crippen MR) is 119 cm³/mol. The fourth-order valence-electron chi connectivity index (χ4n) is 3.28. The maximum Gasteiger partial charge on any atom is 0.246 e. The Balaban J connectivity index is 1.37. The third kappa shape index (κ3) is 4.89. The van der Waals surface area contributed by atoms with Crippen molar-refractivity contribution in [1.82, 2.24) is 14.9 Å². The van der Waals surface area contributed by atoms with Crippen LogP contribution in [0.3, 0.4) is 0 Å². The summed E-state index contributed by atoms with van der Waals surface area (Å²) in [5, 5.41) is 3.63. The van der Waals surface area contributed by atoms with Crippen molar-refractivity contribution in [1.29, 1.82) is 0 Å². The highest BCUT2D eigenvalue weighted by Crippen LogP contribution is 2.23. The van der Waals surface area contributed by atoms with Gasteiger partial charge in [-0.3, -0.25) is 9.59 Å². The van der Waals surface area contributed by atoms with E-state index in [0.29, 0.717) is 18.9 Å². The van der Waals surface area contributed by atoms with Gasteiger partial charge in [-0.1, -0.05) is 12.1 Å². The zero-order chi connectivity index (χ0) is 20.2. The second-order valence-corrected chi connectivity index (χ2v) is 8.81. The van der Waals surface area contributed by atoms with E-state index in [4.69, 9.17) is 0 Å². The van der Waals surface area contributed by atoms with Gasteiger partial charge < -0.3 is 10.2 Å². The maximum absolute atomic E-state index is 12.6. The third-order valence-electron chi connectivity index (χ3n) is 4.76. The van der Waals surface area contributed by atoms with Gasteiger partial charge in [-0.15, -0.1) is 11.3 Å². The molecule has 1 aromatic carbocycles. The van der Waals surface area contributed by atoms with Gasteiger partial charge in [-0.2, -0.15) is 0 Å². The molecular formula is C21H19BrN4O2S. The summed E-state index contributed by atoms with van der Waals surface area (Å²) >= 11 is 4.87. The van der Waals surface area contributed by atoms with E-state index in [1.165, 1.54) is 0 Å². The largest absolute Gasteiger partial charge is 0.338 e. The number of benzene rings is 1. The van der Waals surface area contributed by atoms with Gasteiger partial charge in [0.15, 0.2) is 0 Å². The number of anilines is 1. The summed E-state index contributed by atoms with van der Waals surface area (Å²) < 4.78 is 1.95. The number of rotatable bonds is 4. The quantitative estimate of drug-likeness (QED) is 0.575. The smallest absolute Gasteiger partial charge is 0.246 e. The molecule has 1 aliphatic heterocycles. The lowest BCUT2D eigenvalue weighted by molar-refractivity contribution is -0.130. The number of hydrogen-bond acceptors (Lipinski definition) is 5. The van der Waals surface area contributed by atoms with E-state index in [2.05, 4.69) is 31.2 Å². The Hall–Kier alpha value is -2.58. The highest BCUT2D eigenvalue weighted by molar-refractivity contribution is 9.10. The zero-order valence-electron chi connectivity index (χ0n) is 15.5.